The normalized spacial score (nSPS) is 27.0. The number of carbonyl (C=O) groups is 1. The van der Waals surface area contributed by atoms with E-state index in [9.17, 15) is 9.18 Å². The minimum Gasteiger partial charge on any atom is -0.369 e. The van der Waals surface area contributed by atoms with E-state index in [4.69, 9.17) is 9.47 Å². The van der Waals surface area contributed by atoms with Crippen LogP contribution in [0.25, 0.3) is 0 Å². The average Bonchev–Trinajstić information content (AvgIpc) is 2.98. The third kappa shape index (κ3) is 3.27. The zero-order valence-electron chi connectivity index (χ0n) is 17.1. The van der Waals surface area contributed by atoms with Gasteiger partial charge in [0.15, 0.2) is 0 Å². The Morgan fingerprint density at radius 1 is 1.07 bits per heavy atom. The molecule has 7 heteroatoms. The minimum atomic E-state index is -1.32. The van der Waals surface area contributed by atoms with Gasteiger partial charge in [0.2, 0.25) is 0 Å². The van der Waals surface area contributed by atoms with E-state index >= 15 is 0 Å². The topological polar surface area (TPSA) is 45.3 Å². The Labute approximate surface area is 175 Å². The summed E-state index contributed by atoms with van der Waals surface area (Å²) in [6, 6.07) is 14.4. The first kappa shape index (κ1) is 19.5. The largest absolute Gasteiger partial charge is 0.369 e. The number of hydrogen-bond donors (Lipinski definition) is 0. The van der Waals surface area contributed by atoms with Crippen molar-refractivity contribution in [2.24, 2.45) is 0 Å². The molecular formula is C23H26FN3O3. The van der Waals surface area contributed by atoms with Gasteiger partial charge < -0.3 is 14.4 Å². The van der Waals surface area contributed by atoms with Gasteiger partial charge in [-0.3, -0.25) is 14.6 Å². The fourth-order valence-corrected chi connectivity index (χ4v) is 4.53. The van der Waals surface area contributed by atoms with E-state index in [1.165, 1.54) is 12.1 Å². The monoisotopic (exact) mass is 411 g/mol. The maximum Gasteiger partial charge on any atom is 0.293 e. The number of amides is 1. The Morgan fingerprint density at radius 3 is 2.53 bits per heavy atom. The summed E-state index contributed by atoms with van der Waals surface area (Å²) >= 11 is 0. The van der Waals surface area contributed by atoms with Crippen LogP contribution in [0.5, 0.6) is 0 Å². The third-order valence-corrected chi connectivity index (χ3v) is 6.18. The lowest BCUT2D eigenvalue weighted by Crippen LogP contribution is -2.54. The number of hydrogen-bond acceptors (Lipinski definition) is 5. The van der Waals surface area contributed by atoms with Gasteiger partial charge in [0.25, 0.3) is 11.7 Å². The maximum atomic E-state index is 13.5. The highest BCUT2D eigenvalue weighted by atomic mass is 19.1. The quantitative estimate of drug-likeness (QED) is 0.777. The smallest absolute Gasteiger partial charge is 0.293 e. The molecule has 158 valence electrons. The summed E-state index contributed by atoms with van der Waals surface area (Å²) in [6.45, 7) is 6.26. The molecule has 5 rings (SSSR count). The Bertz CT molecular complexity index is 930. The number of carbonyl (C=O) groups excluding carboxylic acids is 1. The average molecular weight is 411 g/mol. The molecule has 2 aromatic rings. The Kier molecular flexibility index (Phi) is 4.97. The lowest BCUT2D eigenvalue weighted by Gasteiger charge is -2.39. The number of piperazine rings is 1. The second-order valence-corrected chi connectivity index (χ2v) is 8.16. The number of halogens is 1. The van der Waals surface area contributed by atoms with Gasteiger partial charge in [0, 0.05) is 37.4 Å². The predicted molar refractivity (Wildman–Crippen MR) is 112 cm³/mol. The molecule has 1 spiro atoms. The molecule has 2 saturated heterocycles. The molecule has 0 aromatic heterocycles. The summed E-state index contributed by atoms with van der Waals surface area (Å²) in [4.78, 5) is 19.8. The van der Waals surface area contributed by atoms with Crippen molar-refractivity contribution in [2.45, 2.75) is 25.2 Å². The first-order chi connectivity index (χ1) is 14.6. The van der Waals surface area contributed by atoms with Crippen LogP contribution in [0.3, 0.4) is 0 Å². The van der Waals surface area contributed by atoms with Crippen LogP contribution in [0, 0.1) is 5.82 Å². The molecule has 6 nitrogen and oxygen atoms in total. The molecule has 3 aliphatic rings. The number of rotatable bonds is 3. The summed E-state index contributed by atoms with van der Waals surface area (Å²) in [6.07, 6.45) is 0.748. The Balaban J connectivity index is 1.31. The van der Waals surface area contributed by atoms with Crippen molar-refractivity contribution in [3.63, 3.8) is 0 Å². The van der Waals surface area contributed by atoms with E-state index in [-0.39, 0.29) is 17.8 Å². The molecule has 1 amide bonds. The van der Waals surface area contributed by atoms with Crippen molar-refractivity contribution in [1.82, 2.24) is 4.90 Å². The molecule has 2 aromatic carbocycles. The molecule has 2 atom stereocenters. The van der Waals surface area contributed by atoms with Gasteiger partial charge in [-0.05, 0) is 43.7 Å². The van der Waals surface area contributed by atoms with E-state index < -0.39 is 5.79 Å². The standard InChI is InChI=1S/C23H26FN3O3/c1-17-10-15-29-23(30-17)20-4-2-3-5-21(20)27(22(23)28)16-25-11-13-26(14-12-25)19-8-6-18(24)7-9-19/h2-9,17H,10-16H2,1H3/t17-,23-/m1/s1. The summed E-state index contributed by atoms with van der Waals surface area (Å²) in [5.74, 6) is -1.68. The van der Waals surface area contributed by atoms with Gasteiger partial charge in [-0.15, -0.1) is 0 Å². The number of ether oxygens (including phenoxy) is 2. The molecule has 0 N–H and O–H groups in total. The minimum absolute atomic E-state index is 0.0324. The summed E-state index contributed by atoms with van der Waals surface area (Å²) < 4.78 is 25.3. The second-order valence-electron chi connectivity index (χ2n) is 8.16. The highest BCUT2D eigenvalue weighted by Gasteiger charge is 2.56. The fourth-order valence-electron chi connectivity index (χ4n) is 4.53. The first-order valence-electron chi connectivity index (χ1n) is 10.5. The van der Waals surface area contributed by atoms with Crippen molar-refractivity contribution in [3.8, 4) is 0 Å². The SMILES string of the molecule is C[C@@H]1CCO[C@]2(O1)C(=O)N(CN1CCN(c3ccc(F)cc3)CC1)c1ccccc12. The molecule has 0 aliphatic carbocycles. The predicted octanol–water partition coefficient (Wildman–Crippen LogP) is 2.93. The van der Waals surface area contributed by atoms with E-state index in [0.717, 1.165) is 49.5 Å². The van der Waals surface area contributed by atoms with Crippen LogP contribution >= 0.6 is 0 Å². The molecule has 3 aliphatic heterocycles. The van der Waals surface area contributed by atoms with Crippen LogP contribution in [-0.2, 0) is 20.1 Å². The van der Waals surface area contributed by atoms with Crippen molar-refractivity contribution in [2.75, 3.05) is 49.3 Å². The van der Waals surface area contributed by atoms with Crippen LogP contribution in [0.4, 0.5) is 15.8 Å². The molecule has 0 radical (unpaired) electrons. The van der Waals surface area contributed by atoms with Crippen LogP contribution in [0.15, 0.2) is 48.5 Å². The van der Waals surface area contributed by atoms with Crippen LogP contribution < -0.4 is 9.80 Å². The summed E-state index contributed by atoms with van der Waals surface area (Å²) in [5.41, 5.74) is 2.68. The van der Waals surface area contributed by atoms with Crippen LogP contribution in [0.2, 0.25) is 0 Å². The summed E-state index contributed by atoms with van der Waals surface area (Å²) in [7, 11) is 0. The Hall–Kier alpha value is -2.48. The number of fused-ring (bicyclic) bond motifs is 2. The van der Waals surface area contributed by atoms with Crippen molar-refractivity contribution in [1.29, 1.82) is 0 Å². The number of para-hydroxylation sites is 1. The molecule has 2 fully saturated rings. The fraction of sp³-hybridized carbons (Fsp3) is 0.435. The van der Waals surface area contributed by atoms with Gasteiger partial charge >= 0.3 is 0 Å². The highest BCUT2D eigenvalue weighted by Crippen LogP contribution is 2.46. The lowest BCUT2D eigenvalue weighted by atomic mass is 10.1. The van der Waals surface area contributed by atoms with Crippen molar-refractivity contribution >= 4 is 17.3 Å². The number of benzene rings is 2. The van der Waals surface area contributed by atoms with E-state index in [1.807, 2.05) is 43.3 Å². The van der Waals surface area contributed by atoms with Gasteiger partial charge in [-0.25, -0.2) is 4.39 Å². The zero-order valence-corrected chi connectivity index (χ0v) is 17.1. The van der Waals surface area contributed by atoms with E-state index in [0.29, 0.717) is 13.3 Å². The Morgan fingerprint density at radius 2 is 1.80 bits per heavy atom. The third-order valence-electron chi connectivity index (χ3n) is 6.18. The number of anilines is 2. The number of nitrogens with zero attached hydrogens (tertiary/aromatic N) is 3. The second kappa shape index (κ2) is 7.65. The maximum absolute atomic E-state index is 13.5. The zero-order chi connectivity index (χ0) is 20.7. The van der Waals surface area contributed by atoms with Gasteiger partial charge in [0.1, 0.15) is 5.82 Å². The van der Waals surface area contributed by atoms with E-state index in [1.54, 1.807) is 4.90 Å². The first-order valence-corrected chi connectivity index (χ1v) is 10.5. The molecule has 3 heterocycles. The molecule has 0 unspecified atom stereocenters. The van der Waals surface area contributed by atoms with Crippen LogP contribution in [0.1, 0.15) is 18.9 Å². The van der Waals surface area contributed by atoms with Crippen molar-refractivity contribution in [3.05, 3.63) is 59.9 Å². The van der Waals surface area contributed by atoms with Gasteiger partial charge in [-0.1, -0.05) is 18.2 Å². The highest BCUT2D eigenvalue weighted by molar-refractivity contribution is 6.06. The van der Waals surface area contributed by atoms with Crippen LogP contribution in [-0.4, -0.2) is 56.4 Å². The molecule has 0 bridgehead atoms. The van der Waals surface area contributed by atoms with Gasteiger partial charge in [-0.2, -0.15) is 0 Å². The van der Waals surface area contributed by atoms with Gasteiger partial charge in [0.05, 0.1) is 25.1 Å². The van der Waals surface area contributed by atoms with Crippen molar-refractivity contribution < 1.29 is 18.7 Å². The summed E-state index contributed by atoms with van der Waals surface area (Å²) in [5, 5.41) is 0. The molecule has 0 saturated carbocycles. The molecule has 30 heavy (non-hydrogen) atoms. The van der Waals surface area contributed by atoms with E-state index in [2.05, 4.69) is 9.80 Å². The lowest BCUT2D eigenvalue weighted by molar-refractivity contribution is -0.277. The molecular weight excluding hydrogens is 385 g/mol.